The Bertz CT molecular complexity index is 628. The van der Waals surface area contributed by atoms with Crippen molar-refractivity contribution < 1.29 is 14.3 Å². The van der Waals surface area contributed by atoms with Crippen LogP contribution in [0.15, 0.2) is 30.5 Å². The summed E-state index contributed by atoms with van der Waals surface area (Å²) in [7, 11) is 0. The highest BCUT2D eigenvalue weighted by molar-refractivity contribution is 5.79. The fourth-order valence-corrected chi connectivity index (χ4v) is 2.10. The Morgan fingerprint density at radius 3 is 2.85 bits per heavy atom. The Kier molecular flexibility index (Phi) is 4.29. The number of aromatic nitrogens is 1. The number of hydrogen-bond acceptors (Lipinski definition) is 3. The molecule has 0 bridgehead atoms. The lowest BCUT2D eigenvalue weighted by Gasteiger charge is -2.17. The maximum absolute atomic E-state index is 13.5. The van der Waals surface area contributed by atoms with Gasteiger partial charge < -0.3 is 10.4 Å². The molecular formula is C15H17FN2O2. The van der Waals surface area contributed by atoms with E-state index >= 15 is 0 Å². The first kappa shape index (κ1) is 14.4. The van der Waals surface area contributed by atoms with Crippen molar-refractivity contribution in [3.8, 4) is 0 Å². The van der Waals surface area contributed by atoms with Gasteiger partial charge in [-0.05, 0) is 23.6 Å². The van der Waals surface area contributed by atoms with Crippen LogP contribution in [0.25, 0.3) is 10.9 Å². The highest BCUT2D eigenvalue weighted by Gasteiger charge is 2.20. The number of para-hydroxylation sites is 1. The van der Waals surface area contributed by atoms with E-state index in [-0.39, 0.29) is 11.7 Å². The van der Waals surface area contributed by atoms with Gasteiger partial charge in [0.05, 0.1) is 0 Å². The molecule has 1 unspecified atom stereocenters. The highest BCUT2D eigenvalue weighted by Crippen LogP contribution is 2.16. The van der Waals surface area contributed by atoms with E-state index in [0.717, 1.165) is 5.56 Å². The van der Waals surface area contributed by atoms with Gasteiger partial charge in [0.1, 0.15) is 17.4 Å². The van der Waals surface area contributed by atoms with E-state index in [1.807, 2.05) is 19.9 Å². The van der Waals surface area contributed by atoms with E-state index in [1.165, 1.54) is 6.07 Å². The third-order valence-corrected chi connectivity index (χ3v) is 3.18. The smallest absolute Gasteiger partial charge is 0.320 e. The molecule has 0 aliphatic carbocycles. The van der Waals surface area contributed by atoms with Crippen LogP contribution in [0.2, 0.25) is 0 Å². The molecule has 2 rings (SSSR count). The lowest BCUT2D eigenvalue weighted by Crippen LogP contribution is -2.40. The van der Waals surface area contributed by atoms with Crippen LogP contribution in [0, 0.1) is 11.7 Å². The van der Waals surface area contributed by atoms with Gasteiger partial charge in [-0.25, -0.2) is 4.39 Å². The topological polar surface area (TPSA) is 62.2 Å². The minimum atomic E-state index is -0.875. The molecule has 0 aliphatic rings. The number of nitrogens with zero attached hydrogens (tertiary/aromatic N) is 1. The quantitative estimate of drug-likeness (QED) is 0.881. The summed E-state index contributed by atoms with van der Waals surface area (Å²) in [6, 6.07) is 5.99. The first-order chi connectivity index (χ1) is 9.49. The second-order valence-electron chi connectivity index (χ2n) is 5.10. The Balaban J connectivity index is 2.16. The van der Waals surface area contributed by atoms with Crippen molar-refractivity contribution in [3.05, 3.63) is 41.8 Å². The summed E-state index contributed by atoms with van der Waals surface area (Å²) >= 11 is 0. The number of rotatable bonds is 5. The van der Waals surface area contributed by atoms with Gasteiger partial charge in [0, 0.05) is 18.1 Å². The molecule has 1 aromatic heterocycles. The Labute approximate surface area is 116 Å². The molecule has 1 aromatic carbocycles. The summed E-state index contributed by atoms with van der Waals surface area (Å²) < 4.78 is 13.5. The summed E-state index contributed by atoms with van der Waals surface area (Å²) in [5.41, 5.74) is 1.16. The van der Waals surface area contributed by atoms with E-state index in [4.69, 9.17) is 5.11 Å². The zero-order chi connectivity index (χ0) is 14.7. The van der Waals surface area contributed by atoms with Crippen LogP contribution in [0.5, 0.6) is 0 Å². The zero-order valence-electron chi connectivity index (χ0n) is 11.4. The van der Waals surface area contributed by atoms with Crippen molar-refractivity contribution in [1.29, 1.82) is 0 Å². The molecule has 0 saturated heterocycles. The van der Waals surface area contributed by atoms with Gasteiger partial charge in [0.25, 0.3) is 0 Å². The number of halogens is 1. The Hall–Kier alpha value is -2.01. The number of fused-ring (bicyclic) bond motifs is 1. The zero-order valence-corrected chi connectivity index (χ0v) is 11.4. The van der Waals surface area contributed by atoms with Crippen LogP contribution in [0.3, 0.4) is 0 Å². The molecule has 0 spiro atoms. The predicted octanol–water partition coefficient (Wildman–Crippen LogP) is 2.57. The minimum Gasteiger partial charge on any atom is -0.480 e. The largest absolute Gasteiger partial charge is 0.480 e. The average Bonchev–Trinajstić information content (AvgIpc) is 2.38. The van der Waals surface area contributed by atoms with Crippen LogP contribution in [0.4, 0.5) is 4.39 Å². The molecule has 0 saturated carbocycles. The summed E-state index contributed by atoms with van der Waals surface area (Å²) in [6.07, 6.45) is 1.57. The third kappa shape index (κ3) is 3.11. The lowest BCUT2D eigenvalue weighted by atomic mass is 10.0. The third-order valence-electron chi connectivity index (χ3n) is 3.18. The van der Waals surface area contributed by atoms with Crippen LogP contribution < -0.4 is 5.32 Å². The lowest BCUT2D eigenvalue weighted by molar-refractivity contribution is -0.140. The van der Waals surface area contributed by atoms with Gasteiger partial charge in [-0.1, -0.05) is 26.0 Å². The van der Waals surface area contributed by atoms with Crippen LogP contribution in [-0.2, 0) is 11.3 Å². The first-order valence-corrected chi connectivity index (χ1v) is 6.48. The summed E-state index contributed by atoms with van der Waals surface area (Å²) in [5.74, 6) is -1.24. The predicted molar refractivity (Wildman–Crippen MR) is 74.8 cm³/mol. The van der Waals surface area contributed by atoms with Gasteiger partial charge in [0.15, 0.2) is 0 Å². The molecule has 20 heavy (non-hydrogen) atoms. The SMILES string of the molecule is CC(C)C(NCc1cnc2c(F)cccc2c1)C(=O)O. The van der Waals surface area contributed by atoms with E-state index in [1.54, 1.807) is 18.3 Å². The van der Waals surface area contributed by atoms with E-state index < -0.39 is 12.0 Å². The number of benzene rings is 1. The van der Waals surface area contributed by atoms with Gasteiger partial charge in [-0.15, -0.1) is 0 Å². The molecular weight excluding hydrogens is 259 g/mol. The van der Waals surface area contributed by atoms with Crippen molar-refractivity contribution in [2.24, 2.45) is 5.92 Å². The first-order valence-electron chi connectivity index (χ1n) is 6.48. The number of pyridine rings is 1. The Morgan fingerprint density at radius 2 is 2.20 bits per heavy atom. The van der Waals surface area contributed by atoms with E-state index in [0.29, 0.717) is 17.4 Å². The molecule has 0 radical (unpaired) electrons. The second-order valence-corrected chi connectivity index (χ2v) is 5.10. The van der Waals surface area contributed by atoms with E-state index in [2.05, 4.69) is 10.3 Å². The molecule has 0 fully saturated rings. The molecule has 5 heteroatoms. The standard InChI is InChI=1S/C15H17FN2O2/c1-9(2)13(15(19)20)17-7-10-6-11-4-3-5-12(16)14(11)18-8-10/h3-6,8-9,13,17H,7H2,1-2H3,(H,19,20). The number of nitrogens with one attached hydrogen (secondary N) is 1. The van der Waals surface area contributed by atoms with Gasteiger partial charge in [-0.2, -0.15) is 0 Å². The van der Waals surface area contributed by atoms with Gasteiger partial charge >= 0.3 is 5.97 Å². The fourth-order valence-electron chi connectivity index (χ4n) is 2.10. The minimum absolute atomic E-state index is 0.0154. The number of carboxylic acids is 1. The van der Waals surface area contributed by atoms with Gasteiger partial charge in [0.2, 0.25) is 0 Å². The van der Waals surface area contributed by atoms with Crippen molar-refractivity contribution >= 4 is 16.9 Å². The van der Waals surface area contributed by atoms with Crippen LogP contribution >= 0.6 is 0 Å². The number of carbonyl (C=O) groups is 1. The highest BCUT2D eigenvalue weighted by atomic mass is 19.1. The van der Waals surface area contributed by atoms with Crippen molar-refractivity contribution in [2.45, 2.75) is 26.4 Å². The summed E-state index contributed by atoms with van der Waals surface area (Å²) in [6.45, 7) is 4.08. The second kappa shape index (κ2) is 5.96. The van der Waals surface area contributed by atoms with Crippen molar-refractivity contribution in [2.75, 3.05) is 0 Å². The summed E-state index contributed by atoms with van der Waals surface area (Å²) in [4.78, 5) is 15.2. The average molecular weight is 276 g/mol. The van der Waals surface area contributed by atoms with Gasteiger partial charge in [-0.3, -0.25) is 9.78 Å². The molecule has 0 amide bonds. The van der Waals surface area contributed by atoms with Crippen LogP contribution in [-0.4, -0.2) is 22.1 Å². The molecule has 2 N–H and O–H groups in total. The monoisotopic (exact) mass is 276 g/mol. The molecule has 1 heterocycles. The molecule has 1 atom stereocenters. The number of hydrogen-bond donors (Lipinski definition) is 2. The maximum Gasteiger partial charge on any atom is 0.320 e. The van der Waals surface area contributed by atoms with Crippen molar-refractivity contribution in [3.63, 3.8) is 0 Å². The van der Waals surface area contributed by atoms with Crippen molar-refractivity contribution in [1.82, 2.24) is 10.3 Å². The maximum atomic E-state index is 13.5. The molecule has 106 valence electrons. The summed E-state index contributed by atoms with van der Waals surface area (Å²) in [5, 5.41) is 12.8. The normalized spacial score (nSPS) is 12.8. The fraction of sp³-hybridized carbons (Fsp3) is 0.333. The number of carboxylic acid groups (broad SMARTS) is 1. The molecule has 4 nitrogen and oxygen atoms in total. The van der Waals surface area contributed by atoms with E-state index in [9.17, 15) is 9.18 Å². The number of aliphatic carboxylic acids is 1. The Morgan fingerprint density at radius 1 is 1.45 bits per heavy atom. The molecule has 0 aliphatic heterocycles. The van der Waals surface area contributed by atoms with Crippen LogP contribution in [0.1, 0.15) is 19.4 Å². The molecule has 2 aromatic rings.